The van der Waals surface area contributed by atoms with Crippen LogP contribution in [0.3, 0.4) is 0 Å². The molecule has 5 rings (SSSR count). The van der Waals surface area contributed by atoms with Crippen molar-refractivity contribution in [2.24, 2.45) is 17.3 Å². The molecule has 0 spiro atoms. The Morgan fingerprint density at radius 1 is 1.18 bits per heavy atom. The van der Waals surface area contributed by atoms with Gasteiger partial charge in [-0.05, 0) is 102 Å². The Hall–Kier alpha value is -2.42. The van der Waals surface area contributed by atoms with E-state index in [4.69, 9.17) is 4.74 Å². The molecule has 0 unspecified atom stereocenters. The Morgan fingerprint density at radius 3 is 2.79 bits per heavy atom. The van der Waals surface area contributed by atoms with Crippen LogP contribution in [0.25, 0.3) is 6.08 Å². The number of aromatic nitrogens is 1. The number of pyridine rings is 1. The van der Waals surface area contributed by atoms with Gasteiger partial charge in [0.25, 0.3) is 0 Å². The number of ketones is 1. The van der Waals surface area contributed by atoms with Crippen molar-refractivity contribution in [1.82, 2.24) is 4.98 Å². The first-order chi connectivity index (χ1) is 13.6. The molecule has 0 bridgehead atoms. The number of benzene rings is 1. The molecular weight excluding hydrogens is 346 g/mol. The van der Waals surface area contributed by atoms with Crippen molar-refractivity contribution in [2.45, 2.75) is 44.9 Å². The first kappa shape index (κ1) is 17.7. The van der Waals surface area contributed by atoms with E-state index in [0.717, 1.165) is 42.6 Å². The van der Waals surface area contributed by atoms with Crippen LogP contribution in [-0.2, 0) is 11.2 Å². The molecule has 1 aromatic heterocycles. The maximum absolute atomic E-state index is 13.4. The highest BCUT2D eigenvalue weighted by Crippen LogP contribution is 2.60. The molecule has 3 aliphatic carbocycles. The van der Waals surface area contributed by atoms with Gasteiger partial charge in [0.05, 0.1) is 7.11 Å². The number of allylic oxidation sites excluding steroid dienone is 1. The lowest BCUT2D eigenvalue weighted by atomic mass is 9.55. The van der Waals surface area contributed by atoms with Gasteiger partial charge in [-0.25, -0.2) is 0 Å². The number of nitrogens with zero attached hydrogens (tertiary/aromatic N) is 1. The van der Waals surface area contributed by atoms with E-state index in [1.807, 2.05) is 12.1 Å². The molecule has 3 nitrogen and oxygen atoms in total. The van der Waals surface area contributed by atoms with Crippen molar-refractivity contribution >= 4 is 11.9 Å². The molecule has 0 aliphatic heterocycles. The highest BCUT2D eigenvalue weighted by Gasteiger charge is 2.56. The molecule has 4 atom stereocenters. The van der Waals surface area contributed by atoms with E-state index in [0.29, 0.717) is 23.5 Å². The number of hydrogen-bond acceptors (Lipinski definition) is 3. The smallest absolute Gasteiger partial charge is 0.165 e. The second-order valence-corrected chi connectivity index (χ2v) is 8.92. The molecule has 0 amide bonds. The summed E-state index contributed by atoms with van der Waals surface area (Å²) in [6.07, 6.45) is 11.0. The van der Waals surface area contributed by atoms with Crippen LogP contribution in [-0.4, -0.2) is 17.9 Å². The van der Waals surface area contributed by atoms with Gasteiger partial charge in [-0.1, -0.05) is 13.0 Å². The fourth-order valence-electron chi connectivity index (χ4n) is 6.15. The van der Waals surface area contributed by atoms with Gasteiger partial charge in [0, 0.05) is 17.8 Å². The zero-order chi connectivity index (χ0) is 19.3. The molecule has 2 saturated carbocycles. The second-order valence-electron chi connectivity index (χ2n) is 8.92. The molecule has 28 heavy (non-hydrogen) atoms. The summed E-state index contributed by atoms with van der Waals surface area (Å²) in [4.78, 5) is 17.5. The minimum atomic E-state index is -0.190. The van der Waals surface area contributed by atoms with E-state index in [-0.39, 0.29) is 5.41 Å². The zero-order valence-electron chi connectivity index (χ0n) is 16.7. The average molecular weight is 373 g/mol. The normalized spacial score (nSPS) is 32.6. The van der Waals surface area contributed by atoms with E-state index in [9.17, 15) is 4.79 Å². The number of rotatable bonds is 2. The van der Waals surface area contributed by atoms with E-state index in [1.54, 1.807) is 19.5 Å². The summed E-state index contributed by atoms with van der Waals surface area (Å²) >= 11 is 0. The van der Waals surface area contributed by atoms with Gasteiger partial charge in [-0.3, -0.25) is 9.78 Å². The summed E-state index contributed by atoms with van der Waals surface area (Å²) in [7, 11) is 1.74. The zero-order valence-corrected chi connectivity index (χ0v) is 16.7. The van der Waals surface area contributed by atoms with E-state index < -0.39 is 0 Å². The molecule has 2 aromatic rings. The Labute approximate surface area is 166 Å². The van der Waals surface area contributed by atoms with Gasteiger partial charge in [0.2, 0.25) is 0 Å². The van der Waals surface area contributed by atoms with Crippen molar-refractivity contribution in [3.8, 4) is 5.75 Å². The number of Topliss-reactive ketones (excluding diaryl/α,β-unsaturated/α-hetero) is 1. The fraction of sp³-hybridized carbons (Fsp3) is 0.440. The SMILES string of the molecule is COc1ccc2c(c1)CC[C@@H]1[C@@H]2CC[C@]2(C)C(=O)/C(=C\c3ccncc3)C[C@@H]12. The lowest BCUT2D eigenvalue weighted by Crippen LogP contribution is -2.42. The summed E-state index contributed by atoms with van der Waals surface area (Å²) in [5.74, 6) is 2.99. The van der Waals surface area contributed by atoms with Crippen LogP contribution in [0.15, 0.2) is 48.3 Å². The highest BCUT2D eigenvalue weighted by molar-refractivity contribution is 6.05. The fourth-order valence-corrected chi connectivity index (χ4v) is 6.15. The highest BCUT2D eigenvalue weighted by atomic mass is 16.5. The topological polar surface area (TPSA) is 39.2 Å². The number of fused-ring (bicyclic) bond motifs is 5. The molecule has 1 aromatic carbocycles. The Bertz CT molecular complexity index is 948. The molecule has 0 saturated heterocycles. The molecule has 2 fully saturated rings. The van der Waals surface area contributed by atoms with Crippen molar-refractivity contribution in [1.29, 1.82) is 0 Å². The number of aryl methyl sites for hydroxylation is 1. The van der Waals surface area contributed by atoms with Crippen molar-refractivity contribution in [3.63, 3.8) is 0 Å². The van der Waals surface area contributed by atoms with E-state index >= 15 is 0 Å². The van der Waals surface area contributed by atoms with E-state index in [2.05, 4.69) is 36.2 Å². The number of ether oxygens (including phenoxy) is 1. The number of hydrogen-bond donors (Lipinski definition) is 0. The molecular formula is C25H27NO2. The predicted octanol–water partition coefficient (Wildman–Crippen LogP) is 5.21. The van der Waals surface area contributed by atoms with Gasteiger partial charge in [-0.2, -0.15) is 0 Å². The van der Waals surface area contributed by atoms with Gasteiger partial charge in [-0.15, -0.1) is 0 Å². The van der Waals surface area contributed by atoms with Crippen molar-refractivity contribution in [2.75, 3.05) is 7.11 Å². The maximum atomic E-state index is 13.4. The average Bonchev–Trinajstić information content (AvgIpc) is 2.99. The third-order valence-electron chi connectivity index (χ3n) is 7.62. The van der Waals surface area contributed by atoms with Gasteiger partial charge < -0.3 is 4.74 Å². The van der Waals surface area contributed by atoms with Gasteiger partial charge >= 0.3 is 0 Å². The van der Waals surface area contributed by atoms with Crippen molar-refractivity contribution in [3.05, 3.63) is 65.0 Å². The second kappa shape index (κ2) is 6.58. The standard InChI is InChI=1S/C25H27NO2/c1-25-10-7-21-20-6-4-19(28-2)14-17(20)3-5-22(21)23(25)15-18(24(25)27)13-16-8-11-26-12-9-16/h4,6,8-9,11-14,21-23H,3,5,7,10,15H2,1-2H3/b18-13-/t21-,22-,23+,25+/m1/s1. The first-order valence-electron chi connectivity index (χ1n) is 10.4. The molecule has 3 heteroatoms. The number of methoxy groups -OCH3 is 1. The van der Waals surface area contributed by atoms with Crippen LogP contribution >= 0.6 is 0 Å². The van der Waals surface area contributed by atoms with Crippen LogP contribution in [0.4, 0.5) is 0 Å². The lowest BCUT2D eigenvalue weighted by molar-refractivity contribution is -0.127. The summed E-state index contributed by atoms with van der Waals surface area (Å²) < 4.78 is 5.43. The molecule has 0 N–H and O–H groups in total. The number of carbonyl (C=O) groups is 1. The summed E-state index contributed by atoms with van der Waals surface area (Å²) in [5, 5.41) is 0. The monoisotopic (exact) mass is 373 g/mol. The third kappa shape index (κ3) is 2.63. The van der Waals surface area contributed by atoms with Crippen LogP contribution in [0.5, 0.6) is 5.75 Å². The van der Waals surface area contributed by atoms with Crippen LogP contribution in [0.1, 0.15) is 55.2 Å². The molecule has 3 aliphatic rings. The molecule has 0 radical (unpaired) electrons. The predicted molar refractivity (Wildman–Crippen MR) is 110 cm³/mol. The lowest BCUT2D eigenvalue weighted by Gasteiger charge is -2.48. The summed E-state index contributed by atoms with van der Waals surface area (Å²) in [6.45, 7) is 2.23. The van der Waals surface area contributed by atoms with Gasteiger partial charge in [0.1, 0.15) is 5.75 Å². The Kier molecular flexibility index (Phi) is 4.15. The summed E-state index contributed by atoms with van der Waals surface area (Å²) in [5.41, 5.74) is 4.85. The van der Waals surface area contributed by atoms with Gasteiger partial charge in [0.15, 0.2) is 5.78 Å². The third-order valence-corrected chi connectivity index (χ3v) is 7.62. The minimum Gasteiger partial charge on any atom is -0.497 e. The van der Waals surface area contributed by atoms with Crippen LogP contribution in [0.2, 0.25) is 0 Å². The van der Waals surface area contributed by atoms with Crippen molar-refractivity contribution < 1.29 is 9.53 Å². The van der Waals surface area contributed by atoms with Crippen LogP contribution in [0, 0.1) is 17.3 Å². The quantitative estimate of drug-likeness (QED) is 0.679. The maximum Gasteiger partial charge on any atom is 0.165 e. The molecule has 1 heterocycles. The Morgan fingerprint density at radius 2 is 2.00 bits per heavy atom. The van der Waals surface area contributed by atoms with Crippen LogP contribution < -0.4 is 4.74 Å². The largest absolute Gasteiger partial charge is 0.497 e. The Balaban J connectivity index is 1.48. The first-order valence-corrected chi connectivity index (χ1v) is 10.4. The molecule has 144 valence electrons. The number of carbonyl (C=O) groups excluding carboxylic acids is 1. The van der Waals surface area contributed by atoms with E-state index in [1.165, 1.54) is 17.5 Å². The minimum absolute atomic E-state index is 0.190. The summed E-state index contributed by atoms with van der Waals surface area (Å²) in [6, 6.07) is 10.6.